The number of ketones is 1. The molecule has 0 radical (unpaired) electrons. The first kappa shape index (κ1) is 30.8. The normalized spacial score (nSPS) is 19.1. The Balaban J connectivity index is 1.60. The molecule has 3 heterocycles. The molecule has 2 aromatic carbocycles. The number of Topliss-reactive ketones (excluding diaryl/α,β-unsaturated/α-hetero) is 1. The molecule has 3 aromatic rings. The van der Waals surface area contributed by atoms with Crippen molar-refractivity contribution in [3.05, 3.63) is 77.2 Å². The van der Waals surface area contributed by atoms with E-state index in [1.165, 1.54) is 13.0 Å². The number of nitrogens with one attached hydrogen (secondary N) is 1. The third-order valence-corrected chi connectivity index (χ3v) is 7.47. The molecule has 1 aromatic heterocycles. The molecule has 0 fully saturated rings. The van der Waals surface area contributed by atoms with Gasteiger partial charge in [0.25, 0.3) is 11.8 Å². The molecule has 232 valence electrons. The second-order valence-corrected chi connectivity index (χ2v) is 10.7. The van der Waals surface area contributed by atoms with E-state index in [4.69, 9.17) is 9.26 Å². The number of halogens is 5. The third-order valence-electron chi connectivity index (χ3n) is 7.47. The van der Waals surface area contributed by atoms with E-state index in [0.29, 0.717) is 5.56 Å². The minimum atomic E-state index is -4.67. The number of amides is 2. The Labute approximate surface area is 248 Å². The fourth-order valence-corrected chi connectivity index (χ4v) is 5.48. The van der Waals surface area contributed by atoms with E-state index in [1.54, 1.807) is 42.5 Å². The summed E-state index contributed by atoms with van der Waals surface area (Å²) in [5, 5.41) is 6.07. The number of carbonyl (C=O) groups is 3. The third kappa shape index (κ3) is 6.33. The van der Waals surface area contributed by atoms with E-state index >= 15 is 0 Å². The van der Waals surface area contributed by atoms with Crippen LogP contribution in [0.5, 0.6) is 5.75 Å². The van der Waals surface area contributed by atoms with Crippen LogP contribution < -0.4 is 15.0 Å². The SMILES string of the molecule is CC(=O)[C@@H](c1conc1C)[C@@H](CCC(F)(F)F)C(=O)N[C@H]1N=C(c2ccccc2)c2cccc3c2N(CC(F)(F)CO3)C1=O. The van der Waals surface area contributed by atoms with E-state index in [0.717, 1.165) is 18.1 Å². The molecule has 14 heteroatoms. The van der Waals surface area contributed by atoms with Crippen LogP contribution in [0.4, 0.5) is 27.6 Å². The van der Waals surface area contributed by atoms with Crippen LogP contribution in [-0.2, 0) is 14.4 Å². The van der Waals surface area contributed by atoms with Crippen molar-refractivity contribution in [2.75, 3.05) is 18.1 Å². The molecule has 3 atom stereocenters. The zero-order valence-electron chi connectivity index (χ0n) is 23.5. The van der Waals surface area contributed by atoms with Gasteiger partial charge in [-0.05, 0) is 26.3 Å². The summed E-state index contributed by atoms with van der Waals surface area (Å²) in [6.07, 6.45) is -7.66. The Kier molecular flexibility index (Phi) is 8.28. The van der Waals surface area contributed by atoms with E-state index in [2.05, 4.69) is 15.5 Å². The number of aryl methyl sites for hydroxylation is 1. The quantitative estimate of drug-likeness (QED) is 0.357. The molecule has 5 rings (SSSR count). The topological polar surface area (TPSA) is 114 Å². The molecule has 0 bridgehead atoms. The molecular formula is C30H27F5N4O5. The van der Waals surface area contributed by atoms with Gasteiger partial charge in [0.2, 0.25) is 12.1 Å². The van der Waals surface area contributed by atoms with Crippen molar-refractivity contribution >= 4 is 29.0 Å². The Morgan fingerprint density at radius 1 is 1.14 bits per heavy atom. The number of rotatable bonds is 8. The van der Waals surface area contributed by atoms with Gasteiger partial charge in [0, 0.05) is 23.1 Å². The van der Waals surface area contributed by atoms with Crippen LogP contribution in [0.25, 0.3) is 0 Å². The fraction of sp³-hybridized carbons (Fsp3) is 0.367. The molecule has 0 saturated carbocycles. The Hall–Kier alpha value is -4.62. The molecule has 0 aliphatic carbocycles. The highest BCUT2D eigenvalue weighted by Gasteiger charge is 2.45. The molecule has 0 saturated heterocycles. The summed E-state index contributed by atoms with van der Waals surface area (Å²) >= 11 is 0. The first-order valence-electron chi connectivity index (χ1n) is 13.6. The molecule has 1 N–H and O–H groups in total. The second kappa shape index (κ2) is 11.8. The van der Waals surface area contributed by atoms with Crippen molar-refractivity contribution in [1.29, 1.82) is 0 Å². The number of hydrogen-bond donors (Lipinski definition) is 1. The zero-order chi connectivity index (χ0) is 31.8. The van der Waals surface area contributed by atoms with Crippen LogP contribution in [0.2, 0.25) is 0 Å². The molecule has 9 nitrogen and oxygen atoms in total. The van der Waals surface area contributed by atoms with Crippen LogP contribution in [-0.4, -0.2) is 59.9 Å². The number of carbonyl (C=O) groups excluding carboxylic acids is 3. The second-order valence-electron chi connectivity index (χ2n) is 10.7. The van der Waals surface area contributed by atoms with E-state index in [-0.39, 0.29) is 34.0 Å². The van der Waals surface area contributed by atoms with E-state index < -0.39 is 73.7 Å². The lowest BCUT2D eigenvalue weighted by Gasteiger charge is -2.28. The summed E-state index contributed by atoms with van der Waals surface area (Å²) in [5.41, 5.74) is 1.22. The standard InChI is InChI=1S/C30H27F5N4O5/c1-16-21(13-44-38-16)23(17(2)40)19(11-12-30(33,34)35)27(41)37-26-28(42)39-14-29(31,32)15-43-22-10-6-9-20(25(22)39)24(36-26)18-7-4-3-5-8-18/h3-10,13,19,23,26H,11-12,14-15H2,1-2H3,(H,37,41)/t19-,23-,26-/m1/s1. The van der Waals surface area contributed by atoms with Crippen molar-refractivity contribution in [3.63, 3.8) is 0 Å². The van der Waals surface area contributed by atoms with Gasteiger partial charge in [-0.15, -0.1) is 0 Å². The number of nitrogens with zero attached hydrogens (tertiary/aromatic N) is 3. The summed E-state index contributed by atoms with van der Waals surface area (Å²) in [7, 11) is 0. The van der Waals surface area contributed by atoms with Gasteiger partial charge in [0.1, 0.15) is 17.8 Å². The highest BCUT2D eigenvalue weighted by atomic mass is 19.4. The number of ether oxygens (including phenoxy) is 1. The van der Waals surface area contributed by atoms with Crippen molar-refractivity contribution in [2.45, 2.75) is 50.9 Å². The largest absolute Gasteiger partial charge is 0.485 e. The lowest BCUT2D eigenvalue weighted by Crippen LogP contribution is -2.52. The monoisotopic (exact) mass is 618 g/mol. The highest BCUT2D eigenvalue weighted by molar-refractivity contribution is 6.21. The maximum Gasteiger partial charge on any atom is 0.389 e. The summed E-state index contributed by atoms with van der Waals surface area (Å²) < 4.78 is 80.1. The van der Waals surface area contributed by atoms with E-state index in [9.17, 15) is 36.3 Å². The van der Waals surface area contributed by atoms with Gasteiger partial charge in [-0.25, -0.2) is 13.8 Å². The number of para-hydroxylation sites is 1. The van der Waals surface area contributed by atoms with Gasteiger partial charge in [-0.1, -0.05) is 47.6 Å². The minimum absolute atomic E-state index is 0.00809. The molecule has 2 aliphatic rings. The number of benzene rings is 2. The average Bonchev–Trinajstić information content (AvgIpc) is 3.27. The van der Waals surface area contributed by atoms with Crippen LogP contribution in [0.1, 0.15) is 48.1 Å². The minimum Gasteiger partial charge on any atom is -0.485 e. The maximum absolute atomic E-state index is 14.9. The number of alkyl halides is 5. The fourth-order valence-electron chi connectivity index (χ4n) is 5.48. The molecule has 2 aliphatic heterocycles. The van der Waals surface area contributed by atoms with E-state index in [1.807, 2.05) is 0 Å². The van der Waals surface area contributed by atoms with Gasteiger partial charge >= 0.3 is 6.18 Å². The van der Waals surface area contributed by atoms with Crippen LogP contribution in [0, 0.1) is 12.8 Å². The van der Waals surface area contributed by atoms with Crippen LogP contribution in [0.15, 0.2) is 64.3 Å². The first-order valence-corrected chi connectivity index (χ1v) is 13.6. The summed E-state index contributed by atoms with van der Waals surface area (Å²) in [5.74, 6) is -9.33. The van der Waals surface area contributed by atoms with Crippen LogP contribution in [0.3, 0.4) is 0 Å². The number of aromatic nitrogens is 1. The summed E-state index contributed by atoms with van der Waals surface area (Å²) in [6, 6.07) is 13.0. The summed E-state index contributed by atoms with van der Waals surface area (Å²) in [6.45, 7) is 0.466. The first-order chi connectivity index (χ1) is 20.8. The Morgan fingerprint density at radius 2 is 1.86 bits per heavy atom. The van der Waals surface area contributed by atoms with Crippen molar-refractivity contribution in [2.24, 2.45) is 10.9 Å². The molecule has 2 amide bonds. The number of aliphatic imine (C=N–C) groups is 1. The molecular weight excluding hydrogens is 591 g/mol. The average molecular weight is 619 g/mol. The van der Waals surface area contributed by atoms with Crippen LogP contribution >= 0.6 is 0 Å². The number of hydrogen-bond acceptors (Lipinski definition) is 7. The highest BCUT2D eigenvalue weighted by Crippen LogP contribution is 2.41. The van der Waals surface area contributed by atoms with Crippen molar-refractivity contribution in [1.82, 2.24) is 10.5 Å². The predicted octanol–water partition coefficient (Wildman–Crippen LogP) is 4.97. The summed E-state index contributed by atoms with van der Waals surface area (Å²) in [4.78, 5) is 45.8. The van der Waals surface area contributed by atoms with Gasteiger partial charge in [0.15, 0.2) is 6.61 Å². The molecule has 44 heavy (non-hydrogen) atoms. The Morgan fingerprint density at radius 3 is 2.50 bits per heavy atom. The van der Waals surface area contributed by atoms with Crippen molar-refractivity contribution < 1.29 is 45.6 Å². The zero-order valence-corrected chi connectivity index (χ0v) is 23.5. The lowest BCUT2D eigenvalue weighted by atomic mass is 9.80. The predicted molar refractivity (Wildman–Crippen MR) is 147 cm³/mol. The number of anilines is 1. The van der Waals surface area contributed by atoms with Gasteiger partial charge in [0.05, 0.1) is 35.5 Å². The molecule has 0 spiro atoms. The lowest BCUT2D eigenvalue weighted by molar-refractivity contribution is -0.144. The van der Waals surface area contributed by atoms with Gasteiger partial charge < -0.3 is 14.6 Å². The maximum atomic E-state index is 14.9. The van der Waals surface area contributed by atoms with Crippen molar-refractivity contribution in [3.8, 4) is 5.75 Å². The van der Waals surface area contributed by atoms with Gasteiger partial charge in [-0.2, -0.15) is 13.2 Å². The smallest absolute Gasteiger partial charge is 0.389 e. The molecule has 0 unspecified atom stereocenters. The Bertz CT molecular complexity index is 1600. The van der Waals surface area contributed by atoms with Gasteiger partial charge in [-0.3, -0.25) is 19.3 Å².